The van der Waals surface area contributed by atoms with Crippen LogP contribution < -0.4 is 21.9 Å². The number of nitrogens with two attached hydrogens (primary N) is 2. The first-order valence-electron chi connectivity index (χ1n) is 7.10. The molecule has 0 bridgehead atoms. The van der Waals surface area contributed by atoms with E-state index in [1.807, 2.05) is 4.90 Å². The summed E-state index contributed by atoms with van der Waals surface area (Å²) in [6, 6.07) is 1.50. The van der Waals surface area contributed by atoms with Gasteiger partial charge >= 0.3 is 0 Å². The van der Waals surface area contributed by atoms with E-state index in [4.69, 9.17) is 11.6 Å². The molecule has 1 aliphatic carbocycles. The number of aromatic nitrogens is 2. The van der Waals surface area contributed by atoms with Crippen LogP contribution in [0.5, 0.6) is 0 Å². The van der Waals surface area contributed by atoms with Gasteiger partial charge in [0, 0.05) is 18.5 Å². The summed E-state index contributed by atoms with van der Waals surface area (Å²) < 4.78 is 0. The summed E-state index contributed by atoms with van der Waals surface area (Å²) >= 11 is 0. The number of nitrogen functional groups attached to an aromatic ring is 1. The number of hydrazine groups is 1. The van der Waals surface area contributed by atoms with Gasteiger partial charge in [-0.3, -0.25) is 4.79 Å². The van der Waals surface area contributed by atoms with Crippen molar-refractivity contribution in [3.05, 3.63) is 11.9 Å². The highest BCUT2D eigenvalue weighted by Crippen LogP contribution is 2.39. The number of primary amides is 1. The van der Waals surface area contributed by atoms with E-state index in [1.165, 1.54) is 0 Å². The highest BCUT2D eigenvalue weighted by molar-refractivity contribution is 5.83. The Hall–Kier alpha value is -1.89. The highest BCUT2D eigenvalue weighted by atomic mass is 16.1. The minimum absolute atomic E-state index is 0.281. The number of rotatable bonds is 4. The van der Waals surface area contributed by atoms with Crippen molar-refractivity contribution in [3.63, 3.8) is 0 Å². The fourth-order valence-electron chi connectivity index (χ4n) is 2.70. The molecule has 0 spiro atoms. The van der Waals surface area contributed by atoms with E-state index in [-0.39, 0.29) is 11.9 Å². The zero-order chi connectivity index (χ0) is 14.1. The van der Waals surface area contributed by atoms with Gasteiger partial charge in [-0.15, -0.1) is 0 Å². The molecule has 7 heteroatoms. The summed E-state index contributed by atoms with van der Waals surface area (Å²) in [6.45, 7) is 0.790. The summed E-state index contributed by atoms with van der Waals surface area (Å²) in [5.74, 6) is 7.76. The van der Waals surface area contributed by atoms with Crippen molar-refractivity contribution in [3.8, 4) is 0 Å². The molecule has 2 fully saturated rings. The second-order valence-corrected chi connectivity index (χ2v) is 5.50. The van der Waals surface area contributed by atoms with Crippen LogP contribution in [0.15, 0.2) is 6.07 Å². The van der Waals surface area contributed by atoms with Gasteiger partial charge < -0.3 is 16.1 Å². The van der Waals surface area contributed by atoms with Gasteiger partial charge in [-0.25, -0.2) is 15.8 Å². The Morgan fingerprint density at radius 1 is 1.30 bits per heavy atom. The minimum atomic E-state index is -0.293. The molecular formula is C13H20N6O. The third kappa shape index (κ3) is 2.53. The summed E-state index contributed by atoms with van der Waals surface area (Å²) in [6.07, 6.45) is 5.08. The second kappa shape index (κ2) is 5.24. The first-order valence-corrected chi connectivity index (χ1v) is 7.10. The standard InChI is InChI=1S/C13H20N6O/c14-12(20)9-3-1-2-6-19(9)11-7-10(18-15)16-13(17-11)8-4-5-8/h7-9H,1-6,15H2,(H2,14,20)(H,16,17,18). The molecule has 1 aromatic heterocycles. The average Bonchev–Trinajstić information content (AvgIpc) is 3.31. The van der Waals surface area contributed by atoms with Gasteiger partial charge in [0.15, 0.2) is 0 Å². The van der Waals surface area contributed by atoms with Gasteiger partial charge in [-0.1, -0.05) is 0 Å². The molecule has 20 heavy (non-hydrogen) atoms. The van der Waals surface area contributed by atoms with Crippen LogP contribution in [0.25, 0.3) is 0 Å². The number of carbonyl (C=O) groups is 1. The van der Waals surface area contributed by atoms with E-state index in [0.29, 0.717) is 11.7 Å². The summed E-state index contributed by atoms with van der Waals surface area (Å²) in [5.41, 5.74) is 8.09. The Labute approximate surface area is 117 Å². The molecule has 1 saturated carbocycles. The van der Waals surface area contributed by atoms with Crippen LogP contribution in [-0.2, 0) is 4.79 Å². The lowest BCUT2D eigenvalue weighted by molar-refractivity contribution is -0.119. The van der Waals surface area contributed by atoms with Crippen LogP contribution in [0.1, 0.15) is 43.8 Å². The third-order valence-electron chi connectivity index (χ3n) is 3.95. The second-order valence-electron chi connectivity index (χ2n) is 5.50. The fraction of sp³-hybridized carbons (Fsp3) is 0.615. The first kappa shape index (κ1) is 13.1. The number of anilines is 2. The Kier molecular flexibility index (Phi) is 3.43. The Morgan fingerprint density at radius 3 is 2.75 bits per heavy atom. The van der Waals surface area contributed by atoms with Crippen molar-refractivity contribution >= 4 is 17.5 Å². The SMILES string of the molecule is NNc1cc(N2CCCCC2C(N)=O)nc(C2CC2)n1. The van der Waals surface area contributed by atoms with Gasteiger partial charge in [0.05, 0.1) is 0 Å². The Bertz CT molecular complexity index is 516. The number of carbonyl (C=O) groups excluding carboxylic acids is 1. The smallest absolute Gasteiger partial charge is 0.240 e. The maximum Gasteiger partial charge on any atom is 0.240 e. The monoisotopic (exact) mass is 276 g/mol. The molecule has 7 nitrogen and oxygen atoms in total. The molecule has 1 aromatic rings. The molecule has 0 aromatic carbocycles. The number of nitrogens with one attached hydrogen (secondary N) is 1. The molecule has 5 N–H and O–H groups in total. The summed E-state index contributed by atoms with van der Waals surface area (Å²) in [4.78, 5) is 22.6. The molecule has 1 aliphatic heterocycles. The first-order chi connectivity index (χ1) is 9.69. The number of piperidine rings is 1. The van der Waals surface area contributed by atoms with Gasteiger partial charge in [0.1, 0.15) is 23.5 Å². The number of amides is 1. The molecule has 1 saturated heterocycles. The molecule has 1 amide bonds. The van der Waals surface area contributed by atoms with Crippen molar-refractivity contribution in [2.45, 2.75) is 44.1 Å². The zero-order valence-corrected chi connectivity index (χ0v) is 11.4. The minimum Gasteiger partial charge on any atom is -0.368 e. The van der Waals surface area contributed by atoms with E-state index in [9.17, 15) is 4.79 Å². The van der Waals surface area contributed by atoms with Gasteiger partial charge in [0.25, 0.3) is 0 Å². The van der Waals surface area contributed by atoms with Crippen molar-refractivity contribution in [2.24, 2.45) is 11.6 Å². The van der Waals surface area contributed by atoms with E-state index in [0.717, 1.165) is 50.3 Å². The average molecular weight is 276 g/mol. The molecular weight excluding hydrogens is 256 g/mol. The molecule has 2 heterocycles. The molecule has 1 unspecified atom stereocenters. The van der Waals surface area contributed by atoms with Crippen molar-refractivity contribution < 1.29 is 4.79 Å². The van der Waals surface area contributed by atoms with Gasteiger partial charge in [0.2, 0.25) is 5.91 Å². The number of hydrogen-bond acceptors (Lipinski definition) is 6. The molecule has 3 rings (SSSR count). The molecule has 2 aliphatic rings. The Balaban J connectivity index is 1.94. The summed E-state index contributed by atoms with van der Waals surface area (Å²) in [7, 11) is 0. The van der Waals surface area contributed by atoms with Gasteiger partial charge in [-0.2, -0.15) is 0 Å². The van der Waals surface area contributed by atoms with Crippen molar-refractivity contribution in [2.75, 3.05) is 16.9 Å². The molecule has 1 atom stereocenters. The van der Waals surface area contributed by atoms with Crippen LogP contribution in [-0.4, -0.2) is 28.5 Å². The fourth-order valence-corrected chi connectivity index (χ4v) is 2.70. The van der Waals surface area contributed by atoms with Crippen LogP contribution in [0.4, 0.5) is 11.6 Å². The van der Waals surface area contributed by atoms with Crippen LogP contribution in [0, 0.1) is 0 Å². The van der Waals surface area contributed by atoms with E-state index in [2.05, 4.69) is 15.4 Å². The largest absolute Gasteiger partial charge is 0.368 e. The number of hydrogen-bond donors (Lipinski definition) is 3. The lowest BCUT2D eigenvalue weighted by Crippen LogP contribution is -2.48. The van der Waals surface area contributed by atoms with Crippen LogP contribution >= 0.6 is 0 Å². The zero-order valence-electron chi connectivity index (χ0n) is 11.4. The lowest BCUT2D eigenvalue weighted by Gasteiger charge is -2.34. The van der Waals surface area contributed by atoms with Crippen LogP contribution in [0.2, 0.25) is 0 Å². The molecule has 0 radical (unpaired) electrons. The third-order valence-corrected chi connectivity index (χ3v) is 3.95. The van der Waals surface area contributed by atoms with E-state index in [1.54, 1.807) is 6.07 Å². The number of nitrogens with zero attached hydrogens (tertiary/aromatic N) is 3. The quantitative estimate of drug-likeness (QED) is 0.545. The van der Waals surface area contributed by atoms with Crippen molar-refractivity contribution in [1.29, 1.82) is 0 Å². The van der Waals surface area contributed by atoms with E-state index >= 15 is 0 Å². The summed E-state index contributed by atoms with van der Waals surface area (Å²) in [5, 5.41) is 0. The molecule has 108 valence electrons. The van der Waals surface area contributed by atoms with E-state index < -0.39 is 0 Å². The highest BCUT2D eigenvalue weighted by Gasteiger charge is 2.31. The normalized spacial score (nSPS) is 22.6. The maximum atomic E-state index is 11.6. The van der Waals surface area contributed by atoms with Crippen molar-refractivity contribution in [1.82, 2.24) is 9.97 Å². The maximum absolute atomic E-state index is 11.6. The topological polar surface area (TPSA) is 110 Å². The van der Waals surface area contributed by atoms with Gasteiger partial charge in [-0.05, 0) is 32.1 Å². The lowest BCUT2D eigenvalue weighted by atomic mass is 10.0. The van der Waals surface area contributed by atoms with Crippen LogP contribution in [0.3, 0.4) is 0 Å². The Morgan fingerprint density at radius 2 is 2.10 bits per heavy atom. The predicted molar refractivity (Wildman–Crippen MR) is 76.0 cm³/mol. The predicted octanol–water partition coefficient (Wildman–Crippen LogP) is 0.484.